The number of hydrogen-bond acceptors (Lipinski definition) is 4. The van der Waals surface area contributed by atoms with Crippen LogP contribution in [0.1, 0.15) is 12.6 Å². The van der Waals surface area contributed by atoms with Crippen molar-refractivity contribution in [3.63, 3.8) is 0 Å². The first-order chi connectivity index (χ1) is 7.84. The number of nitrogens with one attached hydrogen (secondary N) is 1. The number of hydrogen-bond donors (Lipinski definition) is 3. The van der Waals surface area contributed by atoms with Crippen LogP contribution in [0.5, 0.6) is 0 Å². The largest absolute Gasteiger partial charge is 0.433 e. The van der Waals surface area contributed by atoms with Crippen LogP contribution < -0.4 is 11.1 Å². The molecule has 0 amide bonds. The van der Waals surface area contributed by atoms with Gasteiger partial charge in [-0.1, -0.05) is 6.92 Å². The van der Waals surface area contributed by atoms with E-state index in [1.54, 1.807) is 6.92 Å². The van der Waals surface area contributed by atoms with Gasteiger partial charge in [0, 0.05) is 13.2 Å². The maximum atomic E-state index is 12.4. The van der Waals surface area contributed by atoms with E-state index in [9.17, 15) is 13.2 Å². The van der Waals surface area contributed by atoms with Crippen LogP contribution in [0.15, 0.2) is 12.3 Å². The molecule has 0 bridgehead atoms. The van der Waals surface area contributed by atoms with Crippen LogP contribution in [0.25, 0.3) is 0 Å². The first kappa shape index (κ1) is 13.6. The standard InChI is InChI=1S/C10H14F3N3O/c1-6(5-17)3-15-8-2-9(10(11,12)13)16-4-7(8)14/h2,4,6,17H,3,5,14H2,1H3,(H,15,16). The van der Waals surface area contributed by atoms with E-state index in [0.717, 1.165) is 12.3 Å². The summed E-state index contributed by atoms with van der Waals surface area (Å²) < 4.78 is 37.2. The Balaban J connectivity index is 2.84. The molecule has 1 unspecified atom stereocenters. The van der Waals surface area contributed by atoms with Crippen molar-refractivity contribution in [3.05, 3.63) is 18.0 Å². The smallest absolute Gasteiger partial charge is 0.396 e. The molecule has 1 rings (SSSR count). The number of anilines is 2. The van der Waals surface area contributed by atoms with Gasteiger partial charge in [0.15, 0.2) is 0 Å². The molecule has 0 radical (unpaired) electrons. The number of nitrogen functional groups attached to an aromatic ring is 1. The maximum Gasteiger partial charge on any atom is 0.433 e. The predicted molar refractivity (Wildman–Crippen MR) is 58.4 cm³/mol. The average molecular weight is 249 g/mol. The Bertz CT molecular complexity index is 382. The monoisotopic (exact) mass is 249 g/mol. The molecule has 0 spiro atoms. The number of aliphatic hydroxyl groups is 1. The second-order valence-electron chi connectivity index (χ2n) is 3.82. The van der Waals surface area contributed by atoms with E-state index >= 15 is 0 Å². The van der Waals surface area contributed by atoms with Gasteiger partial charge in [-0.25, -0.2) is 4.98 Å². The highest BCUT2D eigenvalue weighted by Crippen LogP contribution is 2.31. The summed E-state index contributed by atoms with van der Waals surface area (Å²) >= 11 is 0. The topological polar surface area (TPSA) is 71.2 Å². The number of aromatic nitrogens is 1. The lowest BCUT2D eigenvalue weighted by Gasteiger charge is -2.14. The van der Waals surface area contributed by atoms with Crippen LogP contribution >= 0.6 is 0 Å². The number of nitrogens with two attached hydrogens (primary N) is 1. The number of aliphatic hydroxyl groups excluding tert-OH is 1. The second-order valence-corrected chi connectivity index (χ2v) is 3.82. The Morgan fingerprint density at radius 1 is 1.53 bits per heavy atom. The number of nitrogens with zero attached hydrogens (tertiary/aromatic N) is 1. The molecular formula is C10H14F3N3O. The molecule has 96 valence electrons. The van der Waals surface area contributed by atoms with Gasteiger partial charge in [0.25, 0.3) is 0 Å². The second kappa shape index (κ2) is 5.22. The van der Waals surface area contributed by atoms with Crippen molar-refractivity contribution in [2.75, 3.05) is 24.2 Å². The van der Waals surface area contributed by atoms with Gasteiger partial charge in [0.1, 0.15) is 5.69 Å². The molecule has 4 N–H and O–H groups in total. The third-order valence-electron chi connectivity index (χ3n) is 2.18. The van der Waals surface area contributed by atoms with E-state index in [1.807, 2.05) is 0 Å². The SMILES string of the molecule is CC(CO)CNc1cc(C(F)(F)F)ncc1N. The molecule has 4 nitrogen and oxygen atoms in total. The van der Waals surface area contributed by atoms with Crippen LogP contribution in [0, 0.1) is 5.92 Å². The minimum atomic E-state index is -4.49. The molecular weight excluding hydrogens is 235 g/mol. The molecule has 1 atom stereocenters. The summed E-state index contributed by atoms with van der Waals surface area (Å²) in [5.41, 5.74) is 4.83. The molecule has 0 fully saturated rings. The van der Waals surface area contributed by atoms with Crippen LogP contribution in [-0.2, 0) is 6.18 Å². The number of pyridine rings is 1. The van der Waals surface area contributed by atoms with Crippen molar-refractivity contribution in [1.29, 1.82) is 0 Å². The third-order valence-corrected chi connectivity index (χ3v) is 2.18. The fourth-order valence-electron chi connectivity index (χ4n) is 1.12. The minimum Gasteiger partial charge on any atom is -0.396 e. The van der Waals surface area contributed by atoms with Crippen LogP contribution in [-0.4, -0.2) is 23.2 Å². The Morgan fingerprint density at radius 2 is 2.18 bits per heavy atom. The van der Waals surface area contributed by atoms with Crippen molar-refractivity contribution in [3.8, 4) is 0 Å². The predicted octanol–water partition coefficient (Wildman–Crippen LogP) is 1.72. The van der Waals surface area contributed by atoms with Crippen molar-refractivity contribution < 1.29 is 18.3 Å². The molecule has 1 heterocycles. The van der Waals surface area contributed by atoms with Gasteiger partial charge in [-0.3, -0.25) is 0 Å². The molecule has 0 aromatic carbocycles. The molecule has 1 aromatic heterocycles. The van der Waals surface area contributed by atoms with E-state index in [2.05, 4.69) is 10.3 Å². The van der Waals surface area contributed by atoms with Crippen LogP contribution in [0.2, 0.25) is 0 Å². The molecule has 0 aliphatic rings. The fourth-order valence-corrected chi connectivity index (χ4v) is 1.12. The highest BCUT2D eigenvalue weighted by atomic mass is 19.4. The molecule has 1 aromatic rings. The van der Waals surface area contributed by atoms with E-state index in [4.69, 9.17) is 10.8 Å². The van der Waals surface area contributed by atoms with E-state index in [-0.39, 0.29) is 23.9 Å². The summed E-state index contributed by atoms with van der Waals surface area (Å²) in [6.07, 6.45) is -3.53. The highest BCUT2D eigenvalue weighted by Gasteiger charge is 2.32. The summed E-state index contributed by atoms with van der Waals surface area (Å²) in [4.78, 5) is 3.22. The van der Waals surface area contributed by atoms with Crippen LogP contribution in [0.4, 0.5) is 24.5 Å². The number of rotatable bonds is 4. The average Bonchev–Trinajstić information content (AvgIpc) is 2.26. The third kappa shape index (κ3) is 3.77. The molecule has 7 heteroatoms. The van der Waals surface area contributed by atoms with Crippen molar-refractivity contribution >= 4 is 11.4 Å². The van der Waals surface area contributed by atoms with Gasteiger partial charge in [0.05, 0.1) is 17.6 Å². The van der Waals surface area contributed by atoms with Gasteiger partial charge >= 0.3 is 6.18 Å². The van der Waals surface area contributed by atoms with Gasteiger partial charge < -0.3 is 16.2 Å². The summed E-state index contributed by atoms with van der Waals surface area (Å²) in [6, 6.07) is 0.861. The van der Waals surface area contributed by atoms with Gasteiger partial charge in [0.2, 0.25) is 0 Å². The Labute approximate surface area is 96.7 Å². The lowest BCUT2D eigenvalue weighted by Crippen LogP contribution is -2.16. The van der Waals surface area contributed by atoms with Crippen molar-refractivity contribution in [1.82, 2.24) is 4.98 Å². The molecule has 0 aliphatic carbocycles. The van der Waals surface area contributed by atoms with E-state index in [0.29, 0.717) is 6.54 Å². The molecule has 0 aliphatic heterocycles. The lowest BCUT2D eigenvalue weighted by atomic mass is 10.2. The van der Waals surface area contributed by atoms with Crippen LogP contribution in [0.3, 0.4) is 0 Å². The zero-order valence-electron chi connectivity index (χ0n) is 9.25. The highest BCUT2D eigenvalue weighted by molar-refractivity contribution is 5.65. The normalized spacial score (nSPS) is 13.5. The van der Waals surface area contributed by atoms with Gasteiger partial charge in [-0.2, -0.15) is 13.2 Å². The first-order valence-electron chi connectivity index (χ1n) is 5.02. The quantitative estimate of drug-likeness (QED) is 0.759. The van der Waals surface area contributed by atoms with Crippen molar-refractivity contribution in [2.24, 2.45) is 5.92 Å². The van der Waals surface area contributed by atoms with Gasteiger partial charge in [-0.05, 0) is 12.0 Å². The minimum absolute atomic E-state index is 0.0515. The zero-order valence-corrected chi connectivity index (χ0v) is 9.25. The van der Waals surface area contributed by atoms with Gasteiger partial charge in [-0.15, -0.1) is 0 Å². The molecule has 17 heavy (non-hydrogen) atoms. The van der Waals surface area contributed by atoms with E-state index in [1.165, 1.54) is 0 Å². The Hall–Kier alpha value is -1.50. The number of halogens is 3. The summed E-state index contributed by atoms with van der Waals surface area (Å²) in [6.45, 7) is 2.04. The molecule has 0 saturated carbocycles. The van der Waals surface area contributed by atoms with E-state index < -0.39 is 11.9 Å². The fraction of sp³-hybridized carbons (Fsp3) is 0.500. The summed E-state index contributed by atoms with van der Waals surface area (Å²) in [5.74, 6) is -0.0723. The summed E-state index contributed by atoms with van der Waals surface area (Å²) in [7, 11) is 0. The first-order valence-corrected chi connectivity index (χ1v) is 5.02. The Kier molecular flexibility index (Phi) is 4.17. The van der Waals surface area contributed by atoms with Crippen molar-refractivity contribution in [2.45, 2.75) is 13.1 Å². The lowest BCUT2D eigenvalue weighted by molar-refractivity contribution is -0.141. The zero-order chi connectivity index (χ0) is 13.1. The summed E-state index contributed by atoms with van der Waals surface area (Å²) in [5, 5.41) is 11.6. The maximum absolute atomic E-state index is 12.4. The number of alkyl halides is 3. The molecule has 0 saturated heterocycles. The Morgan fingerprint density at radius 3 is 2.71 bits per heavy atom.